The molecule has 0 fully saturated rings. The first-order valence-electron chi connectivity index (χ1n) is 7.91. The molecule has 4 aromatic rings. The number of nitrogens with zero attached hydrogens (tertiary/aromatic N) is 3. The van der Waals surface area contributed by atoms with Crippen molar-refractivity contribution in [3.8, 4) is 17.1 Å². The molecule has 2 heterocycles. The lowest BCUT2D eigenvalue weighted by Crippen LogP contribution is -1.96. The van der Waals surface area contributed by atoms with E-state index in [1.807, 2.05) is 36.4 Å². The van der Waals surface area contributed by atoms with Crippen LogP contribution in [0.25, 0.3) is 22.4 Å². The van der Waals surface area contributed by atoms with E-state index in [9.17, 15) is 0 Å². The third kappa shape index (κ3) is 3.08. The van der Waals surface area contributed by atoms with Crippen molar-refractivity contribution in [2.75, 3.05) is 7.11 Å². The van der Waals surface area contributed by atoms with E-state index in [4.69, 9.17) is 16.3 Å². The van der Waals surface area contributed by atoms with Gasteiger partial charge < -0.3 is 14.7 Å². The smallest absolute Gasteiger partial charge is 0.161 e. The van der Waals surface area contributed by atoms with E-state index in [0.717, 1.165) is 40.2 Å². The fourth-order valence-corrected chi connectivity index (χ4v) is 3.08. The Balaban J connectivity index is 1.51. The number of hydrogen-bond acceptors (Lipinski definition) is 4. The number of fused-ring (bicyclic) bond motifs is 1. The normalized spacial score (nSPS) is 11.1. The van der Waals surface area contributed by atoms with Gasteiger partial charge in [0.25, 0.3) is 0 Å². The molecule has 0 aliphatic carbocycles. The highest BCUT2D eigenvalue weighted by molar-refractivity contribution is 6.32. The molecule has 0 saturated heterocycles. The lowest BCUT2D eigenvalue weighted by molar-refractivity contribution is 0.414. The maximum Gasteiger partial charge on any atom is 0.161 e. The summed E-state index contributed by atoms with van der Waals surface area (Å²) in [5.74, 6) is 2.23. The predicted molar refractivity (Wildman–Crippen MR) is 96.9 cm³/mol. The van der Waals surface area contributed by atoms with Gasteiger partial charge in [0.15, 0.2) is 5.82 Å². The van der Waals surface area contributed by atoms with Gasteiger partial charge in [-0.05, 0) is 36.2 Å². The van der Waals surface area contributed by atoms with Gasteiger partial charge in [-0.3, -0.25) is 0 Å². The van der Waals surface area contributed by atoms with Crippen LogP contribution in [0.1, 0.15) is 11.4 Å². The summed E-state index contributed by atoms with van der Waals surface area (Å²) in [6.07, 6.45) is 3.14. The number of halogens is 1. The fraction of sp³-hybridized carbons (Fsp3) is 0.167. The van der Waals surface area contributed by atoms with Gasteiger partial charge in [0.2, 0.25) is 0 Å². The first-order valence-corrected chi connectivity index (χ1v) is 8.29. The van der Waals surface area contributed by atoms with Crippen LogP contribution in [-0.4, -0.2) is 32.3 Å². The highest BCUT2D eigenvalue weighted by atomic mass is 35.5. The molecular weight excluding hydrogens is 338 g/mol. The first kappa shape index (κ1) is 15.7. The number of nitrogens with one attached hydrogen (secondary N) is 2. The van der Waals surface area contributed by atoms with Gasteiger partial charge in [0, 0.05) is 12.0 Å². The van der Waals surface area contributed by atoms with Crippen LogP contribution in [0.2, 0.25) is 5.02 Å². The van der Waals surface area contributed by atoms with Gasteiger partial charge in [-0.25, -0.2) is 4.98 Å². The Kier molecular flexibility index (Phi) is 4.11. The highest BCUT2D eigenvalue weighted by Gasteiger charge is 2.10. The second kappa shape index (κ2) is 6.57. The molecule has 4 rings (SSSR count). The van der Waals surface area contributed by atoms with Crippen LogP contribution in [0.4, 0.5) is 0 Å². The molecule has 0 unspecified atom stereocenters. The summed E-state index contributed by atoms with van der Waals surface area (Å²) >= 11 is 6.34. The van der Waals surface area contributed by atoms with Crippen molar-refractivity contribution < 1.29 is 4.74 Å². The lowest BCUT2D eigenvalue weighted by Gasteiger charge is -2.07. The number of ether oxygens (including phenoxy) is 1. The van der Waals surface area contributed by atoms with E-state index in [-0.39, 0.29) is 0 Å². The lowest BCUT2D eigenvalue weighted by atomic mass is 10.1. The Morgan fingerprint density at radius 1 is 1.12 bits per heavy atom. The van der Waals surface area contributed by atoms with Crippen LogP contribution in [0.3, 0.4) is 0 Å². The van der Waals surface area contributed by atoms with E-state index < -0.39 is 0 Å². The molecular formula is C18H16ClN5O. The van der Waals surface area contributed by atoms with E-state index >= 15 is 0 Å². The summed E-state index contributed by atoms with van der Waals surface area (Å²) in [6.45, 7) is 0. The molecule has 2 aromatic carbocycles. The molecule has 0 amide bonds. The minimum absolute atomic E-state index is 0.647. The Labute approximate surface area is 149 Å². The number of methoxy groups -OCH3 is 1. The van der Waals surface area contributed by atoms with Gasteiger partial charge in [-0.2, -0.15) is 0 Å². The third-order valence-corrected chi connectivity index (χ3v) is 4.55. The molecule has 2 aromatic heterocycles. The molecule has 0 aliphatic heterocycles. The van der Waals surface area contributed by atoms with E-state index in [0.29, 0.717) is 17.2 Å². The molecule has 0 saturated carbocycles. The van der Waals surface area contributed by atoms with Crippen LogP contribution in [0, 0.1) is 0 Å². The molecule has 25 heavy (non-hydrogen) atoms. The average molecular weight is 354 g/mol. The maximum absolute atomic E-state index is 6.34. The Morgan fingerprint density at radius 2 is 2.04 bits per heavy atom. The number of aryl methyl sites for hydroxylation is 2. The topological polar surface area (TPSA) is 79.5 Å². The SMILES string of the molecule is COc1cccc(CCc2nnc(-c3ccc4[nH]cnc4c3)[nH]2)c1Cl. The molecule has 0 atom stereocenters. The van der Waals surface area contributed by atoms with Crippen LogP contribution >= 0.6 is 11.6 Å². The maximum atomic E-state index is 6.34. The largest absolute Gasteiger partial charge is 0.495 e. The molecule has 7 heteroatoms. The minimum atomic E-state index is 0.647. The molecule has 0 spiro atoms. The predicted octanol–water partition coefficient (Wildman–Crippen LogP) is 3.80. The van der Waals surface area contributed by atoms with Gasteiger partial charge in [0.05, 0.1) is 29.5 Å². The number of aromatic nitrogens is 5. The minimum Gasteiger partial charge on any atom is -0.495 e. The zero-order valence-corrected chi connectivity index (χ0v) is 14.3. The van der Waals surface area contributed by atoms with Crippen LogP contribution in [-0.2, 0) is 12.8 Å². The van der Waals surface area contributed by atoms with Crippen molar-refractivity contribution in [3.05, 3.63) is 59.1 Å². The summed E-state index contributed by atoms with van der Waals surface area (Å²) in [4.78, 5) is 10.6. The molecule has 6 nitrogen and oxygen atoms in total. The number of benzene rings is 2. The molecule has 0 bridgehead atoms. The van der Waals surface area contributed by atoms with Crippen molar-refractivity contribution in [3.63, 3.8) is 0 Å². The summed E-state index contributed by atoms with van der Waals surface area (Å²) in [6, 6.07) is 11.7. The number of imidazole rings is 1. The number of rotatable bonds is 5. The quantitative estimate of drug-likeness (QED) is 0.572. The van der Waals surface area contributed by atoms with E-state index in [2.05, 4.69) is 25.1 Å². The second-order valence-electron chi connectivity index (χ2n) is 5.69. The zero-order valence-electron chi connectivity index (χ0n) is 13.6. The fourth-order valence-electron chi connectivity index (χ4n) is 2.78. The van der Waals surface area contributed by atoms with Crippen LogP contribution in [0.15, 0.2) is 42.7 Å². The highest BCUT2D eigenvalue weighted by Crippen LogP contribution is 2.28. The third-order valence-electron chi connectivity index (χ3n) is 4.12. The zero-order chi connectivity index (χ0) is 17.2. The van der Waals surface area contributed by atoms with Crippen molar-refractivity contribution in [1.29, 1.82) is 0 Å². The number of H-pyrrole nitrogens is 2. The molecule has 0 aliphatic rings. The second-order valence-corrected chi connectivity index (χ2v) is 6.07. The number of hydrogen-bond donors (Lipinski definition) is 2. The standard InChI is InChI=1S/C18H16ClN5O/c1-25-15-4-2-3-11(17(15)19)6-8-16-22-18(24-23-16)12-5-7-13-14(9-12)21-10-20-13/h2-5,7,9-10H,6,8H2,1H3,(H,20,21)(H,22,23,24). The Hall–Kier alpha value is -2.86. The summed E-state index contributed by atoms with van der Waals surface area (Å²) < 4.78 is 5.25. The molecule has 2 N–H and O–H groups in total. The van der Waals surface area contributed by atoms with E-state index in [1.54, 1.807) is 13.4 Å². The summed E-state index contributed by atoms with van der Waals surface area (Å²) in [7, 11) is 1.61. The van der Waals surface area contributed by atoms with Gasteiger partial charge in [-0.15, -0.1) is 10.2 Å². The van der Waals surface area contributed by atoms with Crippen molar-refractivity contribution >= 4 is 22.6 Å². The Bertz CT molecular complexity index is 1020. The monoisotopic (exact) mass is 353 g/mol. The van der Waals surface area contributed by atoms with Crippen molar-refractivity contribution in [2.24, 2.45) is 0 Å². The van der Waals surface area contributed by atoms with Crippen molar-refractivity contribution in [1.82, 2.24) is 25.1 Å². The first-order chi connectivity index (χ1) is 12.2. The summed E-state index contributed by atoms with van der Waals surface area (Å²) in [5.41, 5.74) is 3.88. The van der Waals surface area contributed by atoms with Crippen LogP contribution in [0.5, 0.6) is 5.75 Å². The molecule has 0 radical (unpaired) electrons. The Morgan fingerprint density at radius 3 is 2.92 bits per heavy atom. The van der Waals surface area contributed by atoms with Crippen molar-refractivity contribution in [2.45, 2.75) is 12.8 Å². The van der Waals surface area contributed by atoms with Gasteiger partial charge in [-0.1, -0.05) is 23.7 Å². The average Bonchev–Trinajstić information content (AvgIpc) is 3.29. The number of aromatic amines is 2. The van der Waals surface area contributed by atoms with E-state index in [1.165, 1.54) is 0 Å². The van der Waals surface area contributed by atoms with Gasteiger partial charge in [0.1, 0.15) is 11.6 Å². The van der Waals surface area contributed by atoms with Gasteiger partial charge >= 0.3 is 0 Å². The van der Waals surface area contributed by atoms with Crippen LogP contribution < -0.4 is 4.74 Å². The molecule has 126 valence electrons. The summed E-state index contributed by atoms with van der Waals surface area (Å²) in [5, 5.41) is 9.13.